The van der Waals surface area contributed by atoms with Crippen molar-refractivity contribution in [1.29, 1.82) is 0 Å². The third kappa shape index (κ3) is 7.76. The van der Waals surface area contributed by atoms with Crippen molar-refractivity contribution in [2.75, 3.05) is 18.0 Å². The maximum Gasteiger partial charge on any atom is 0.264 e. The van der Waals surface area contributed by atoms with Crippen molar-refractivity contribution in [3.63, 3.8) is 0 Å². The fourth-order valence-electron chi connectivity index (χ4n) is 4.12. The van der Waals surface area contributed by atoms with E-state index in [1.54, 1.807) is 67.6 Å². The lowest BCUT2D eigenvalue weighted by Gasteiger charge is -2.33. The highest BCUT2D eigenvalue weighted by molar-refractivity contribution is 7.92. The van der Waals surface area contributed by atoms with Crippen molar-refractivity contribution in [1.82, 2.24) is 10.2 Å². The number of sulfonamides is 1. The van der Waals surface area contributed by atoms with Crippen molar-refractivity contribution < 1.29 is 22.7 Å². The standard InChI is InChI=1S/C30H36ClN3O5S/c1-21-15-16-27(39-6)26(17-21)34(40(37,38)25-13-8-7-9-14-25)20-28(35)33(19-23-11-10-12-24(31)18-23)22(2)29(36)32-30(3,4)5/h7-18,22H,19-20H2,1-6H3,(H,32,36)/t22-/m1/s1. The molecule has 2 amide bonds. The van der Waals surface area contributed by atoms with Crippen LogP contribution in [0.15, 0.2) is 77.7 Å². The maximum atomic E-state index is 14.1. The largest absolute Gasteiger partial charge is 0.495 e. The molecule has 0 aliphatic carbocycles. The molecule has 0 bridgehead atoms. The van der Waals surface area contributed by atoms with Gasteiger partial charge in [0.2, 0.25) is 11.8 Å². The third-order valence-corrected chi connectivity index (χ3v) is 8.13. The van der Waals surface area contributed by atoms with E-state index < -0.39 is 34.1 Å². The minimum absolute atomic E-state index is 0.0197. The summed E-state index contributed by atoms with van der Waals surface area (Å²) in [6.45, 7) is 8.46. The number of hydrogen-bond acceptors (Lipinski definition) is 5. The van der Waals surface area contributed by atoms with Gasteiger partial charge in [-0.05, 0) is 82.1 Å². The van der Waals surface area contributed by atoms with E-state index in [9.17, 15) is 18.0 Å². The molecule has 1 N–H and O–H groups in total. The highest BCUT2D eigenvalue weighted by atomic mass is 35.5. The lowest BCUT2D eigenvalue weighted by atomic mass is 10.1. The lowest BCUT2D eigenvalue weighted by Crippen LogP contribution is -2.54. The van der Waals surface area contributed by atoms with Gasteiger partial charge >= 0.3 is 0 Å². The number of aryl methyl sites for hydroxylation is 1. The Labute approximate surface area is 241 Å². The molecule has 0 saturated heterocycles. The van der Waals surface area contributed by atoms with Crippen LogP contribution in [0.2, 0.25) is 5.02 Å². The van der Waals surface area contributed by atoms with E-state index in [0.29, 0.717) is 10.6 Å². The molecule has 40 heavy (non-hydrogen) atoms. The van der Waals surface area contributed by atoms with E-state index in [1.807, 2.05) is 27.7 Å². The monoisotopic (exact) mass is 585 g/mol. The van der Waals surface area contributed by atoms with Crippen LogP contribution >= 0.6 is 11.6 Å². The van der Waals surface area contributed by atoms with Crippen LogP contribution in [0.25, 0.3) is 0 Å². The number of carbonyl (C=O) groups is 2. The number of anilines is 1. The van der Waals surface area contributed by atoms with Crippen molar-refractivity contribution in [2.45, 2.75) is 57.6 Å². The van der Waals surface area contributed by atoms with Crippen LogP contribution in [0.5, 0.6) is 5.75 Å². The van der Waals surface area contributed by atoms with Crippen LogP contribution in [0.4, 0.5) is 5.69 Å². The Balaban J connectivity index is 2.10. The van der Waals surface area contributed by atoms with Gasteiger partial charge in [-0.1, -0.05) is 48.0 Å². The first kappa shape index (κ1) is 31.0. The Morgan fingerprint density at radius 2 is 1.68 bits per heavy atom. The molecule has 0 heterocycles. The Bertz CT molecular complexity index is 1460. The number of carbonyl (C=O) groups excluding carboxylic acids is 2. The van der Waals surface area contributed by atoms with Crippen molar-refractivity contribution in [3.8, 4) is 5.75 Å². The minimum atomic E-state index is -4.20. The van der Waals surface area contributed by atoms with Crippen LogP contribution < -0.4 is 14.4 Å². The zero-order valence-corrected chi connectivity index (χ0v) is 25.2. The van der Waals surface area contributed by atoms with Crippen molar-refractivity contribution >= 4 is 39.1 Å². The van der Waals surface area contributed by atoms with E-state index in [1.165, 1.54) is 24.1 Å². The molecule has 3 rings (SSSR count). The maximum absolute atomic E-state index is 14.1. The van der Waals surface area contributed by atoms with Gasteiger partial charge in [0.1, 0.15) is 18.3 Å². The SMILES string of the molecule is COc1ccc(C)cc1N(CC(=O)N(Cc1cccc(Cl)c1)[C@H](C)C(=O)NC(C)(C)C)S(=O)(=O)c1ccccc1. The van der Waals surface area contributed by atoms with Gasteiger partial charge in [0.15, 0.2) is 0 Å². The smallest absolute Gasteiger partial charge is 0.264 e. The highest BCUT2D eigenvalue weighted by Crippen LogP contribution is 2.33. The summed E-state index contributed by atoms with van der Waals surface area (Å²) in [6.07, 6.45) is 0. The molecule has 0 saturated carbocycles. The number of methoxy groups -OCH3 is 1. The summed E-state index contributed by atoms with van der Waals surface area (Å²) in [7, 11) is -2.76. The summed E-state index contributed by atoms with van der Waals surface area (Å²) in [6, 6.07) is 19.1. The van der Waals surface area contributed by atoms with Gasteiger partial charge in [0.05, 0.1) is 17.7 Å². The summed E-state index contributed by atoms with van der Waals surface area (Å²) in [5, 5.41) is 3.39. The summed E-state index contributed by atoms with van der Waals surface area (Å²) in [4.78, 5) is 28.6. The van der Waals surface area contributed by atoms with Gasteiger partial charge in [0, 0.05) is 17.1 Å². The molecule has 0 fully saturated rings. The molecule has 0 unspecified atom stereocenters. The van der Waals surface area contributed by atoms with Crippen molar-refractivity contribution in [3.05, 3.63) is 88.9 Å². The normalized spacial score (nSPS) is 12.4. The lowest BCUT2D eigenvalue weighted by molar-refractivity contribution is -0.140. The molecular formula is C30H36ClN3O5S. The predicted octanol–water partition coefficient (Wildman–Crippen LogP) is 5.18. The fourth-order valence-corrected chi connectivity index (χ4v) is 5.77. The molecule has 0 spiro atoms. The van der Waals surface area contributed by atoms with Gasteiger partial charge in [-0.25, -0.2) is 8.42 Å². The summed E-state index contributed by atoms with van der Waals surface area (Å²) >= 11 is 6.19. The highest BCUT2D eigenvalue weighted by Gasteiger charge is 2.34. The number of benzene rings is 3. The summed E-state index contributed by atoms with van der Waals surface area (Å²) in [5.74, 6) is -0.647. The Kier molecular flexibility index (Phi) is 9.87. The van der Waals surface area contributed by atoms with Gasteiger partial charge in [-0.2, -0.15) is 0 Å². The topological polar surface area (TPSA) is 96.0 Å². The first-order valence-corrected chi connectivity index (χ1v) is 14.6. The molecule has 0 aliphatic heterocycles. The van der Waals surface area contributed by atoms with E-state index in [2.05, 4.69) is 5.32 Å². The van der Waals surface area contributed by atoms with Crippen LogP contribution in [0.1, 0.15) is 38.8 Å². The van der Waals surface area contributed by atoms with Gasteiger partial charge in [-0.15, -0.1) is 0 Å². The van der Waals surface area contributed by atoms with Gasteiger partial charge in [-0.3, -0.25) is 13.9 Å². The Hall–Kier alpha value is -3.56. The molecule has 3 aromatic carbocycles. The van der Waals surface area contributed by atoms with Crippen LogP contribution in [-0.4, -0.2) is 50.4 Å². The number of ether oxygens (including phenoxy) is 1. The number of nitrogens with one attached hydrogen (secondary N) is 1. The first-order valence-electron chi connectivity index (χ1n) is 12.8. The van der Waals surface area contributed by atoms with Gasteiger partial charge < -0.3 is 15.0 Å². The van der Waals surface area contributed by atoms with E-state index >= 15 is 0 Å². The number of hydrogen-bond donors (Lipinski definition) is 1. The zero-order chi connectivity index (χ0) is 29.7. The average molecular weight is 586 g/mol. The molecule has 214 valence electrons. The minimum Gasteiger partial charge on any atom is -0.495 e. The van der Waals surface area contributed by atoms with E-state index in [-0.39, 0.29) is 28.8 Å². The molecule has 0 radical (unpaired) electrons. The van der Waals surface area contributed by atoms with Crippen LogP contribution in [-0.2, 0) is 26.2 Å². The second-order valence-electron chi connectivity index (χ2n) is 10.6. The quantitative estimate of drug-likeness (QED) is 0.353. The number of rotatable bonds is 10. The predicted molar refractivity (Wildman–Crippen MR) is 158 cm³/mol. The average Bonchev–Trinajstić information content (AvgIpc) is 2.89. The van der Waals surface area contributed by atoms with E-state index in [4.69, 9.17) is 16.3 Å². The number of amides is 2. The Morgan fingerprint density at radius 3 is 2.27 bits per heavy atom. The number of halogens is 1. The van der Waals surface area contributed by atoms with Crippen molar-refractivity contribution in [2.24, 2.45) is 0 Å². The molecule has 8 nitrogen and oxygen atoms in total. The van der Waals surface area contributed by atoms with Crippen LogP contribution in [0, 0.1) is 6.92 Å². The first-order chi connectivity index (χ1) is 18.7. The zero-order valence-electron chi connectivity index (χ0n) is 23.6. The van der Waals surface area contributed by atoms with Gasteiger partial charge in [0.25, 0.3) is 10.0 Å². The molecule has 10 heteroatoms. The fraction of sp³-hybridized carbons (Fsp3) is 0.333. The second-order valence-corrected chi connectivity index (χ2v) is 12.9. The molecular weight excluding hydrogens is 550 g/mol. The van der Waals surface area contributed by atoms with Crippen LogP contribution in [0.3, 0.4) is 0 Å². The van der Waals surface area contributed by atoms with E-state index in [0.717, 1.165) is 9.87 Å². The Morgan fingerprint density at radius 1 is 1.00 bits per heavy atom. The molecule has 3 aromatic rings. The summed E-state index contributed by atoms with van der Waals surface area (Å²) in [5.41, 5.74) is 1.16. The second kappa shape index (κ2) is 12.7. The third-order valence-electron chi connectivity index (χ3n) is 6.12. The number of nitrogens with zero attached hydrogens (tertiary/aromatic N) is 2. The molecule has 1 atom stereocenters. The summed E-state index contributed by atoms with van der Waals surface area (Å²) < 4.78 is 34.5. The molecule has 0 aliphatic rings. The molecule has 0 aromatic heterocycles.